The van der Waals surface area contributed by atoms with Crippen LogP contribution in [-0.2, 0) is 4.79 Å². The zero-order chi connectivity index (χ0) is 22.7. The Balaban J connectivity index is 1.18. The van der Waals surface area contributed by atoms with Crippen LogP contribution >= 0.6 is 11.3 Å². The Morgan fingerprint density at radius 1 is 1.24 bits per heavy atom. The predicted octanol–water partition coefficient (Wildman–Crippen LogP) is 3.79. The van der Waals surface area contributed by atoms with Crippen molar-refractivity contribution in [3.05, 3.63) is 40.8 Å². The summed E-state index contributed by atoms with van der Waals surface area (Å²) in [5.41, 5.74) is 1.94. The molecule has 1 aliphatic heterocycles. The molecule has 1 atom stereocenters. The minimum atomic E-state index is -0.114. The molecule has 4 aliphatic rings. The van der Waals surface area contributed by atoms with Gasteiger partial charge in [-0.3, -0.25) is 14.6 Å². The molecule has 7 rings (SSSR count). The standard InChI is InChI=1S/C24H26N6O2S/c1-13(17-4-3-5-25-10-17)26-23-28-19(20-21(29-23)27-14(2)33-20)22(32)30-11-15(12-30)6-18(31)24-7-16(8-24)9-24/h3-5,10,13,15-16H,6-9,11-12H2,1-2H3,(H,26,28,29)/t13-,16?,24?/m0/s1. The molecular weight excluding hydrogens is 436 g/mol. The molecule has 8 nitrogen and oxygen atoms in total. The number of thiazole rings is 1. The average Bonchev–Trinajstić information content (AvgIpc) is 3.07. The van der Waals surface area contributed by atoms with Crippen LogP contribution in [-0.4, -0.2) is 49.6 Å². The molecule has 1 amide bonds. The van der Waals surface area contributed by atoms with Crippen molar-refractivity contribution < 1.29 is 9.59 Å². The number of nitrogens with zero attached hydrogens (tertiary/aromatic N) is 5. The summed E-state index contributed by atoms with van der Waals surface area (Å²) in [6, 6.07) is 3.79. The fourth-order valence-electron chi connectivity index (χ4n) is 5.36. The Morgan fingerprint density at radius 2 is 2.03 bits per heavy atom. The highest BCUT2D eigenvalue weighted by Crippen LogP contribution is 2.65. The number of carbonyl (C=O) groups is 2. The van der Waals surface area contributed by atoms with E-state index in [4.69, 9.17) is 0 Å². The number of carbonyl (C=O) groups excluding carboxylic acids is 2. The maximum absolute atomic E-state index is 13.4. The number of hydrogen-bond acceptors (Lipinski definition) is 8. The number of anilines is 1. The number of amides is 1. The van der Waals surface area contributed by atoms with E-state index in [9.17, 15) is 9.59 Å². The van der Waals surface area contributed by atoms with Gasteiger partial charge >= 0.3 is 0 Å². The van der Waals surface area contributed by atoms with Gasteiger partial charge in [0.25, 0.3) is 5.91 Å². The number of hydrogen-bond donors (Lipinski definition) is 1. The zero-order valence-electron chi connectivity index (χ0n) is 18.7. The number of ketones is 1. The second-order valence-electron chi connectivity index (χ2n) is 9.90. The van der Waals surface area contributed by atoms with Crippen molar-refractivity contribution in [2.75, 3.05) is 18.4 Å². The quantitative estimate of drug-likeness (QED) is 0.570. The molecule has 0 radical (unpaired) electrons. The molecule has 170 valence electrons. The second kappa shape index (κ2) is 7.55. The molecule has 0 unspecified atom stereocenters. The summed E-state index contributed by atoms with van der Waals surface area (Å²) in [6.07, 6.45) is 7.42. The van der Waals surface area contributed by atoms with E-state index in [-0.39, 0.29) is 23.3 Å². The van der Waals surface area contributed by atoms with Gasteiger partial charge in [0, 0.05) is 43.2 Å². The van der Waals surface area contributed by atoms with Crippen LogP contribution in [0.2, 0.25) is 0 Å². The van der Waals surface area contributed by atoms with Crippen molar-refractivity contribution in [3.8, 4) is 0 Å². The SMILES string of the molecule is Cc1nc2nc(N[C@@H](C)c3cccnc3)nc(C(=O)N3CC(CC(=O)C45CC(C4)C5)C3)c2s1. The molecule has 33 heavy (non-hydrogen) atoms. The number of pyridine rings is 1. The molecule has 4 heterocycles. The van der Waals surface area contributed by atoms with Crippen LogP contribution in [0.3, 0.4) is 0 Å². The van der Waals surface area contributed by atoms with E-state index in [1.165, 1.54) is 11.3 Å². The molecule has 1 N–H and O–H groups in total. The Hall–Kier alpha value is -2.94. The van der Waals surface area contributed by atoms with Gasteiger partial charge in [0.05, 0.1) is 11.0 Å². The summed E-state index contributed by atoms with van der Waals surface area (Å²) in [4.78, 5) is 45.6. The van der Waals surface area contributed by atoms with Crippen LogP contribution in [0.1, 0.15) is 59.7 Å². The number of Topliss-reactive ketones (excluding diaryl/α,β-unsaturated/α-hetero) is 1. The number of fused-ring (bicyclic) bond motifs is 1. The van der Waals surface area contributed by atoms with E-state index in [2.05, 4.69) is 25.3 Å². The number of rotatable bonds is 7. The second-order valence-corrected chi connectivity index (χ2v) is 11.1. The van der Waals surface area contributed by atoms with E-state index < -0.39 is 0 Å². The Bertz CT molecular complexity index is 1240. The molecular formula is C24H26N6O2S. The van der Waals surface area contributed by atoms with E-state index >= 15 is 0 Å². The molecule has 3 aliphatic carbocycles. The molecule has 3 saturated carbocycles. The summed E-state index contributed by atoms with van der Waals surface area (Å²) in [6.45, 7) is 5.13. The summed E-state index contributed by atoms with van der Waals surface area (Å²) in [5, 5.41) is 4.13. The number of likely N-dealkylation sites (tertiary alicyclic amines) is 1. The van der Waals surface area contributed by atoms with Gasteiger partial charge in [0.15, 0.2) is 11.3 Å². The predicted molar refractivity (Wildman–Crippen MR) is 125 cm³/mol. The summed E-state index contributed by atoms with van der Waals surface area (Å²) < 4.78 is 0.713. The van der Waals surface area contributed by atoms with Crippen LogP contribution in [0.15, 0.2) is 24.5 Å². The molecule has 1 saturated heterocycles. The van der Waals surface area contributed by atoms with E-state index in [1.807, 2.05) is 26.0 Å². The first-order chi connectivity index (χ1) is 15.9. The fourth-order valence-corrected chi connectivity index (χ4v) is 6.20. The third-order valence-corrected chi connectivity index (χ3v) is 8.41. The van der Waals surface area contributed by atoms with Gasteiger partial charge in [-0.15, -0.1) is 11.3 Å². The van der Waals surface area contributed by atoms with E-state index in [0.717, 1.165) is 35.8 Å². The van der Waals surface area contributed by atoms with E-state index in [0.29, 0.717) is 47.3 Å². The first kappa shape index (κ1) is 20.7. The van der Waals surface area contributed by atoms with Crippen LogP contribution in [0.5, 0.6) is 0 Å². The fraction of sp³-hybridized carbons (Fsp3) is 0.500. The van der Waals surface area contributed by atoms with E-state index in [1.54, 1.807) is 17.3 Å². The molecule has 9 heteroatoms. The molecule has 2 bridgehead atoms. The third-order valence-electron chi connectivity index (χ3n) is 7.44. The van der Waals surface area contributed by atoms with Gasteiger partial charge in [-0.05, 0) is 50.7 Å². The molecule has 3 aromatic rings. The molecule has 0 spiro atoms. The van der Waals surface area contributed by atoms with Crippen molar-refractivity contribution in [1.82, 2.24) is 24.8 Å². The monoisotopic (exact) mass is 462 g/mol. The topological polar surface area (TPSA) is 101 Å². The highest BCUT2D eigenvalue weighted by atomic mass is 32.1. The number of aromatic nitrogens is 4. The van der Waals surface area contributed by atoms with Gasteiger partial charge in [-0.2, -0.15) is 4.98 Å². The zero-order valence-corrected chi connectivity index (χ0v) is 19.6. The minimum absolute atomic E-state index is 0.0135. The van der Waals surface area contributed by atoms with Crippen molar-refractivity contribution in [1.29, 1.82) is 0 Å². The lowest BCUT2D eigenvalue weighted by atomic mass is 9.42. The van der Waals surface area contributed by atoms with Crippen LogP contribution in [0.25, 0.3) is 10.3 Å². The van der Waals surface area contributed by atoms with Crippen LogP contribution in [0.4, 0.5) is 5.95 Å². The van der Waals surface area contributed by atoms with Crippen molar-refractivity contribution in [3.63, 3.8) is 0 Å². The van der Waals surface area contributed by atoms with Gasteiger partial charge in [0.2, 0.25) is 5.95 Å². The maximum atomic E-state index is 13.4. The highest BCUT2D eigenvalue weighted by molar-refractivity contribution is 7.18. The Kier molecular flexibility index (Phi) is 4.72. The lowest BCUT2D eigenvalue weighted by Crippen LogP contribution is -2.58. The number of nitrogens with one attached hydrogen (secondary N) is 1. The van der Waals surface area contributed by atoms with Gasteiger partial charge < -0.3 is 10.2 Å². The van der Waals surface area contributed by atoms with Gasteiger partial charge in [0.1, 0.15) is 10.5 Å². The maximum Gasteiger partial charge on any atom is 0.274 e. The summed E-state index contributed by atoms with van der Waals surface area (Å²) in [5.74, 6) is 1.75. The highest BCUT2D eigenvalue weighted by Gasteiger charge is 2.61. The van der Waals surface area contributed by atoms with Crippen molar-refractivity contribution in [2.24, 2.45) is 17.3 Å². The lowest BCUT2D eigenvalue weighted by Gasteiger charge is -2.61. The Labute approximate surface area is 195 Å². The summed E-state index contributed by atoms with van der Waals surface area (Å²) >= 11 is 1.44. The smallest absolute Gasteiger partial charge is 0.274 e. The Morgan fingerprint density at radius 3 is 2.70 bits per heavy atom. The summed E-state index contributed by atoms with van der Waals surface area (Å²) in [7, 11) is 0. The largest absolute Gasteiger partial charge is 0.348 e. The minimum Gasteiger partial charge on any atom is -0.348 e. The first-order valence-electron chi connectivity index (χ1n) is 11.5. The molecule has 3 aromatic heterocycles. The van der Waals surface area contributed by atoms with Crippen LogP contribution in [0, 0.1) is 24.2 Å². The average molecular weight is 463 g/mol. The van der Waals surface area contributed by atoms with Crippen molar-refractivity contribution >= 4 is 39.3 Å². The number of aryl methyl sites for hydroxylation is 1. The lowest BCUT2D eigenvalue weighted by molar-refractivity contribution is -0.164. The van der Waals surface area contributed by atoms with Gasteiger partial charge in [-0.25, -0.2) is 9.97 Å². The molecule has 4 fully saturated rings. The normalized spacial score (nSPS) is 24.5. The van der Waals surface area contributed by atoms with Gasteiger partial charge in [-0.1, -0.05) is 6.07 Å². The molecule has 0 aromatic carbocycles. The first-order valence-corrected chi connectivity index (χ1v) is 12.4. The third kappa shape index (κ3) is 3.49. The van der Waals surface area contributed by atoms with Crippen LogP contribution < -0.4 is 5.32 Å². The van der Waals surface area contributed by atoms with Crippen molar-refractivity contribution in [2.45, 2.75) is 45.6 Å².